The van der Waals surface area contributed by atoms with Gasteiger partial charge >= 0.3 is 0 Å². The molecule has 1 unspecified atom stereocenters. The summed E-state index contributed by atoms with van der Waals surface area (Å²) in [5.41, 5.74) is 9.21. The normalized spacial score (nSPS) is 14.1. The molecule has 0 saturated heterocycles. The van der Waals surface area contributed by atoms with Gasteiger partial charge in [0.2, 0.25) is 0 Å². The van der Waals surface area contributed by atoms with Crippen LogP contribution >= 0.6 is 0 Å². The van der Waals surface area contributed by atoms with Crippen LogP contribution in [-0.2, 0) is 0 Å². The molecule has 2 heterocycles. The lowest BCUT2D eigenvalue weighted by Crippen LogP contribution is -2.33. The summed E-state index contributed by atoms with van der Waals surface area (Å²) in [6.45, 7) is 0. The molecule has 0 spiro atoms. The number of aliphatic imine (C=N–C) groups is 2. The fraction of sp³-hybridized carbons (Fsp3) is 0.0217. The molecule has 0 bridgehead atoms. The average molecular weight is 656 g/mol. The van der Waals surface area contributed by atoms with Crippen LogP contribution in [0, 0.1) is 0 Å². The van der Waals surface area contributed by atoms with Gasteiger partial charge in [0, 0.05) is 33.5 Å². The number of aromatic nitrogens is 2. The highest BCUT2D eigenvalue weighted by Crippen LogP contribution is 2.40. The smallest absolute Gasteiger partial charge is 0.159 e. The van der Waals surface area contributed by atoms with Gasteiger partial charge in [-0.25, -0.2) is 15.0 Å². The zero-order valence-corrected chi connectivity index (χ0v) is 27.8. The minimum Gasteiger partial charge on any atom is -0.344 e. The molecule has 1 aliphatic rings. The van der Waals surface area contributed by atoms with E-state index in [1.54, 1.807) is 0 Å². The number of hydrogen-bond donors (Lipinski definition) is 1. The number of hydrogen-bond acceptors (Lipinski definition) is 4. The summed E-state index contributed by atoms with van der Waals surface area (Å²) in [5, 5.41) is 5.88. The molecule has 1 aromatic heterocycles. The van der Waals surface area contributed by atoms with E-state index in [0.717, 1.165) is 67.5 Å². The fourth-order valence-electron chi connectivity index (χ4n) is 6.82. The van der Waals surface area contributed by atoms with Gasteiger partial charge in [-0.1, -0.05) is 164 Å². The molecule has 1 aliphatic heterocycles. The maximum atomic E-state index is 5.46. The standard InChI is InChI=1S/C46H33N5/c1-5-17-33(18-6-1)41-42(34-19-7-2-8-20-34)51(46(47-41)40-27-15-25-32-16-13-14-26-39(32)40)38-30-28-37(29-31-38)45-49-43(35-21-9-3-10-22-35)48-44(50-45)36-23-11-4-12-24-36/h1-31,43H,(H,48,49,50). The molecule has 0 saturated carbocycles. The first-order valence-corrected chi connectivity index (χ1v) is 17.2. The van der Waals surface area contributed by atoms with Crippen LogP contribution in [0.4, 0.5) is 0 Å². The van der Waals surface area contributed by atoms with Crippen LogP contribution in [0.25, 0.3) is 50.4 Å². The maximum Gasteiger partial charge on any atom is 0.159 e. The quantitative estimate of drug-likeness (QED) is 0.186. The second kappa shape index (κ2) is 13.2. The van der Waals surface area contributed by atoms with Crippen molar-refractivity contribution in [2.24, 2.45) is 9.98 Å². The number of nitrogens with one attached hydrogen (secondary N) is 1. The van der Waals surface area contributed by atoms with Crippen molar-refractivity contribution in [1.82, 2.24) is 14.9 Å². The van der Waals surface area contributed by atoms with Gasteiger partial charge in [-0.3, -0.25) is 4.57 Å². The van der Waals surface area contributed by atoms with Crippen LogP contribution in [0.1, 0.15) is 22.9 Å². The topological polar surface area (TPSA) is 54.6 Å². The van der Waals surface area contributed by atoms with Crippen molar-refractivity contribution < 1.29 is 0 Å². The van der Waals surface area contributed by atoms with Gasteiger partial charge in [0.15, 0.2) is 5.84 Å². The number of nitrogens with zero attached hydrogens (tertiary/aromatic N) is 4. The summed E-state index contributed by atoms with van der Waals surface area (Å²) in [5.74, 6) is 2.36. The highest BCUT2D eigenvalue weighted by molar-refractivity contribution is 6.13. The molecule has 242 valence electrons. The Bertz CT molecular complexity index is 2510. The summed E-state index contributed by atoms with van der Waals surface area (Å²) in [4.78, 5) is 15.6. The van der Waals surface area contributed by atoms with E-state index in [1.165, 1.54) is 5.39 Å². The van der Waals surface area contributed by atoms with Gasteiger partial charge in [-0.05, 0) is 40.6 Å². The van der Waals surface area contributed by atoms with E-state index in [9.17, 15) is 0 Å². The molecule has 1 N–H and O–H groups in total. The summed E-state index contributed by atoms with van der Waals surface area (Å²) < 4.78 is 2.30. The Morgan fingerprint density at radius 1 is 0.490 bits per heavy atom. The van der Waals surface area contributed by atoms with Crippen molar-refractivity contribution in [3.05, 3.63) is 205 Å². The third kappa shape index (κ3) is 5.81. The molecule has 8 aromatic rings. The lowest BCUT2D eigenvalue weighted by Gasteiger charge is -2.23. The minimum atomic E-state index is -0.265. The van der Waals surface area contributed by atoms with Gasteiger partial charge in [0.25, 0.3) is 0 Å². The van der Waals surface area contributed by atoms with Gasteiger partial charge < -0.3 is 5.32 Å². The molecule has 0 amide bonds. The number of amidine groups is 2. The second-order valence-electron chi connectivity index (χ2n) is 12.5. The van der Waals surface area contributed by atoms with Crippen LogP contribution in [0.3, 0.4) is 0 Å². The maximum absolute atomic E-state index is 5.46. The number of rotatable bonds is 7. The first-order valence-electron chi connectivity index (χ1n) is 17.2. The average Bonchev–Trinajstić information content (AvgIpc) is 3.62. The van der Waals surface area contributed by atoms with Crippen molar-refractivity contribution in [2.75, 3.05) is 0 Å². The molecule has 5 heteroatoms. The van der Waals surface area contributed by atoms with Crippen molar-refractivity contribution >= 4 is 22.4 Å². The van der Waals surface area contributed by atoms with E-state index >= 15 is 0 Å². The Kier molecular flexibility index (Phi) is 7.84. The molecular formula is C46H33N5. The third-order valence-corrected chi connectivity index (χ3v) is 9.29. The Hall–Kier alpha value is -6.85. The largest absolute Gasteiger partial charge is 0.344 e. The van der Waals surface area contributed by atoms with E-state index in [-0.39, 0.29) is 6.17 Å². The van der Waals surface area contributed by atoms with E-state index in [2.05, 4.69) is 155 Å². The second-order valence-corrected chi connectivity index (χ2v) is 12.5. The van der Waals surface area contributed by atoms with Crippen molar-refractivity contribution in [1.29, 1.82) is 0 Å². The van der Waals surface area contributed by atoms with E-state index in [1.807, 2.05) is 42.5 Å². The Labute approximate surface area is 297 Å². The number of imidazole rings is 1. The minimum absolute atomic E-state index is 0.265. The Morgan fingerprint density at radius 3 is 1.78 bits per heavy atom. The summed E-state index contributed by atoms with van der Waals surface area (Å²) >= 11 is 0. The lowest BCUT2D eigenvalue weighted by atomic mass is 10.0. The van der Waals surface area contributed by atoms with Gasteiger partial charge in [-0.15, -0.1) is 0 Å². The SMILES string of the molecule is c1ccc(C2=NC(c3ccc(-n4c(-c5cccc6ccccc56)nc(-c5ccccc5)c4-c4ccccc4)cc3)=NC(c3ccccc3)N2)cc1. The van der Waals surface area contributed by atoms with Crippen LogP contribution in [-0.4, -0.2) is 21.2 Å². The highest BCUT2D eigenvalue weighted by Gasteiger charge is 2.25. The summed E-state index contributed by atoms with van der Waals surface area (Å²) in [6, 6.07) is 65.1. The molecule has 5 nitrogen and oxygen atoms in total. The zero-order chi connectivity index (χ0) is 34.0. The van der Waals surface area contributed by atoms with Crippen LogP contribution in [0.2, 0.25) is 0 Å². The highest BCUT2D eigenvalue weighted by atomic mass is 15.2. The van der Waals surface area contributed by atoms with Gasteiger partial charge in [0.05, 0.1) is 11.4 Å². The molecule has 0 aliphatic carbocycles. The van der Waals surface area contributed by atoms with Crippen molar-refractivity contribution in [3.63, 3.8) is 0 Å². The Balaban J connectivity index is 1.23. The molecule has 0 radical (unpaired) electrons. The molecule has 1 atom stereocenters. The monoisotopic (exact) mass is 655 g/mol. The summed E-state index contributed by atoms with van der Waals surface area (Å²) in [6.07, 6.45) is -0.265. The van der Waals surface area contributed by atoms with Crippen LogP contribution in [0.5, 0.6) is 0 Å². The molecule has 51 heavy (non-hydrogen) atoms. The first-order chi connectivity index (χ1) is 25.3. The molecule has 0 fully saturated rings. The number of fused-ring (bicyclic) bond motifs is 1. The van der Waals surface area contributed by atoms with Crippen LogP contribution in [0.15, 0.2) is 198 Å². The van der Waals surface area contributed by atoms with Crippen molar-refractivity contribution in [3.8, 4) is 39.6 Å². The van der Waals surface area contributed by atoms with Gasteiger partial charge in [0.1, 0.15) is 17.8 Å². The Morgan fingerprint density at radius 2 is 1.08 bits per heavy atom. The predicted molar refractivity (Wildman–Crippen MR) is 209 cm³/mol. The zero-order valence-electron chi connectivity index (χ0n) is 27.8. The van der Waals surface area contributed by atoms with Gasteiger partial charge in [-0.2, -0.15) is 0 Å². The molecule has 9 rings (SSSR count). The van der Waals surface area contributed by atoms with E-state index in [0.29, 0.717) is 5.84 Å². The predicted octanol–water partition coefficient (Wildman–Crippen LogP) is 10.5. The lowest BCUT2D eigenvalue weighted by molar-refractivity contribution is 0.674. The summed E-state index contributed by atoms with van der Waals surface area (Å²) in [7, 11) is 0. The molecular weight excluding hydrogens is 623 g/mol. The first kappa shape index (κ1) is 30.2. The van der Waals surface area contributed by atoms with Crippen molar-refractivity contribution in [2.45, 2.75) is 6.17 Å². The number of benzene rings is 7. The van der Waals surface area contributed by atoms with E-state index < -0.39 is 0 Å². The van der Waals surface area contributed by atoms with Crippen LogP contribution < -0.4 is 5.32 Å². The molecule has 7 aromatic carbocycles. The van der Waals surface area contributed by atoms with E-state index in [4.69, 9.17) is 15.0 Å². The third-order valence-electron chi connectivity index (χ3n) is 9.29. The fourth-order valence-corrected chi connectivity index (χ4v) is 6.82.